The molecule has 0 radical (unpaired) electrons. The molecule has 0 aromatic heterocycles. The minimum atomic E-state index is -1.49. The fourth-order valence-corrected chi connectivity index (χ4v) is 6.25. The zero-order valence-corrected chi connectivity index (χ0v) is 20.4. The summed E-state index contributed by atoms with van der Waals surface area (Å²) in [5, 5.41) is 9.56. The molecular weight excluding hydrogens is 469 g/mol. The Hall–Kier alpha value is -1.94. The van der Waals surface area contributed by atoms with Crippen LogP contribution in [0.5, 0.6) is 0 Å². The van der Waals surface area contributed by atoms with E-state index in [1.54, 1.807) is 25.7 Å². The van der Waals surface area contributed by atoms with Crippen LogP contribution in [0.3, 0.4) is 0 Å². The number of hydrogen-bond acceptors (Lipinski definition) is 3. The zero-order chi connectivity index (χ0) is 25.0. The Morgan fingerprint density at radius 1 is 1.12 bits per heavy atom. The van der Waals surface area contributed by atoms with Crippen LogP contribution in [-0.4, -0.2) is 49.0 Å². The number of piperidine rings is 1. The van der Waals surface area contributed by atoms with E-state index in [9.17, 15) is 32.1 Å². The maximum absolute atomic E-state index is 14.5. The summed E-state index contributed by atoms with van der Waals surface area (Å²) < 4.78 is 57.2. The molecule has 1 amide bonds. The van der Waals surface area contributed by atoms with Crippen LogP contribution in [0, 0.1) is 28.8 Å². The lowest BCUT2D eigenvalue weighted by Gasteiger charge is -2.43. The third kappa shape index (κ3) is 4.63. The van der Waals surface area contributed by atoms with Gasteiger partial charge in [-0.25, -0.2) is 22.1 Å². The predicted molar refractivity (Wildman–Crippen MR) is 121 cm³/mol. The van der Waals surface area contributed by atoms with E-state index in [1.807, 2.05) is 0 Å². The Morgan fingerprint density at radius 2 is 1.68 bits per heavy atom. The van der Waals surface area contributed by atoms with Crippen LogP contribution < -0.4 is 4.72 Å². The number of carboxylic acids is 1. The summed E-state index contributed by atoms with van der Waals surface area (Å²) in [6.07, 6.45) is 3.30. The lowest BCUT2D eigenvalue weighted by molar-refractivity contribution is -0.156. The molecule has 10 heteroatoms. The molecule has 1 saturated carbocycles. The number of halogens is 3. The molecule has 3 fully saturated rings. The van der Waals surface area contributed by atoms with E-state index in [0.717, 1.165) is 18.9 Å². The van der Waals surface area contributed by atoms with E-state index in [2.05, 4.69) is 4.72 Å². The summed E-state index contributed by atoms with van der Waals surface area (Å²) in [7, 11) is -1.49. The first-order chi connectivity index (χ1) is 15.8. The largest absolute Gasteiger partial charge is 0.480 e. The lowest BCUT2D eigenvalue weighted by atomic mass is 9.82. The van der Waals surface area contributed by atoms with Crippen LogP contribution in [0.4, 0.5) is 13.2 Å². The standard InChI is InChI=1S/C24H31F3N2O4S/c1-23(2,3)34(33)28-20(11-13-10-18(26)19(27)12-17(13)25)14-8-15-4-5-16(9-14)29(15)21(30)24(6-7-24)22(31)32/h10,12,14-16,20,28H,4-9,11H2,1-3H3,(H,31,32)/t14?,15?,16?,20-,34+/m1/s1. The lowest BCUT2D eigenvalue weighted by Crippen LogP contribution is -2.55. The van der Waals surface area contributed by atoms with Crippen molar-refractivity contribution in [1.29, 1.82) is 0 Å². The summed E-state index contributed by atoms with van der Waals surface area (Å²) in [5.41, 5.74) is -1.30. The number of hydrogen-bond donors (Lipinski definition) is 2. The maximum atomic E-state index is 14.5. The van der Waals surface area contributed by atoms with Crippen molar-refractivity contribution in [2.24, 2.45) is 11.3 Å². The molecule has 188 valence electrons. The molecule has 1 aliphatic carbocycles. The highest BCUT2D eigenvalue weighted by molar-refractivity contribution is 7.84. The number of benzene rings is 1. The molecule has 2 unspecified atom stereocenters. The molecule has 2 N–H and O–H groups in total. The van der Waals surface area contributed by atoms with Crippen molar-refractivity contribution in [3.05, 3.63) is 35.1 Å². The minimum absolute atomic E-state index is 0.00373. The fourth-order valence-electron chi connectivity index (χ4n) is 5.35. The first-order valence-corrected chi connectivity index (χ1v) is 12.9. The third-order valence-electron chi connectivity index (χ3n) is 7.49. The highest BCUT2D eigenvalue weighted by atomic mass is 32.2. The average Bonchev–Trinajstić information content (AvgIpc) is 3.51. The van der Waals surface area contributed by atoms with Crippen molar-refractivity contribution >= 4 is 22.9 Å². The number of fused-ring (bicyclic) bond motifs is 2. The number of nitrogens with one attached hydrogen (secondary N) is 1. The van der Waals surface area contributed by atoms with Gasteiger partial charge in [-0.2, -0.15) is 0 Å². The highest BCUT2D eigenvalue weighted by Gasteiger charge is 2.61. The second-order valence-electron chi connectivity index (χ2n) is 10.9. The summed E-state index contributed by atoms with van der Waals surface area (Å²) >= 11 is 0. The molecule has 34 heavy (non-hydrogen) atoms. The van der Waals surface area contributed by atoms with Crippen LogP contribution in [0.2, 0.25) is 0 Å². The van der Waals surface area contributed by atoms with Crippen molar-refractivity contribution in [2.75, 3.05) is 0 Å². The van der Waals surface area contributed by atoms with Crippen LogP contribution in [-0.2, 0) is 27.0 Å². The molecule has 1 aromatic rings. The first kappa shape index (κ1) is 25.2. The van der Waals surface area contributed by atoms with E-state index in [4.69, 9.17) is 0 Å². The molecule has 2 bridgehead atoms. The van der Waals surface area contributed by atoms with E-state index >= 15 is 0 Å². The van der Waals surface area contributed by atoms with Gasteiger partial charge < -0.3 is 10.0 Å². The van der Waals surface area contributed by atoms with E-state index < -0.39 is 50.6 Å². The summed E-state index contributed by atoms with van der Waals surface area (Å²) in [6, 6.07) is 0.588. The quantitative estimate of drug-likeness (QED) is 0.442. The predicted octanol–water partition coefficient (Wildman–Crippen LogP) is 3.70. The molecule has 4 atom stereocenters. The molecule has 1 aromatic carbocycles. The summed E-state index contributed by atoms with van der Waals surface area (Å²) in [5.74, 6) is -4.76. The Bertz CT molecular complexity index is 1010. The Kier molecular flexibility index (Phi) is 6.61. The number of aliphatic carboxylic acids is 1. The van der Waals surface area contributed by atoms with E-state index in [-0.39, 0.29) is 35.9 Å². The smallest absolute Gasteiger partial charge is 0.319 e. The second kappa shape index (κ2) is 8.93. The van der Waals surface area contributed by atoms with Gasteiger partial charge >= 0.3 is 5.97 Å². The average molecular weight is 501 g/mol. The van der Waals surface area contributed by atoms with Gasteiger partial charge in [0.2, 0.25) is 5.91 Å². The monoisotopic (exact) mass is 500 g/mol. The molecule has 2 aliphatic heterocycles. The second-order valence-corrected chi connectivity index (χ2v) is 12.9. The number of carbonyl (C=O) groups excluding carboxylic acids is 1. The van der Waals surface area contributed by atoms with Crippen LogP contribution >= 0.6 is 0 Å². The number of amides is 1. The number of nitrogens with zero attached hydrogens (tertiary/aromatic N) is 1. The maximum Gasteiger partial charge on any atom is 0.319 e. The van der Waals surface area contributed by atoms with Gasteiger partial charge in [0.05, 0.1) is 15.7 Å². The molecule has 2 heterocycles. The van der Waals surface area contributed by atoms with Crippen molar-refractivity contribution in [3.8, 4) is 0 Å². The van der Waals surface area contributed by atoms with Crippen molar-refractivity contribution in [2.45, 2.75) is 88.6 Å². The van der Waals surface area contributed by atoms with Crippen molar-refractivity contribution < 1.29 is 32.1 Å². The number of carboxylic acid groups (broad SMARTS) is 1. The molecular formula is C24H31F3N2O4S. The number of carbonyl (C=O) groups is 2. The summed E-state index contributed by atoms with van der Waals surface area (Å²) in [4.78, 5) is 26.6. The fraction of sp³-hybridized carbons (Fsp3) is 0.667. The summed E-state index contributed by atoms with van der Waals surface area (Å²) in [6.45, 7) is 5.41. The first-order valence-electron chi connectivity index (χ1n) is 11.7. The topological polar surface area (TPSA) is 86.7 Å². The molecule has 0 spiro atoms. The van der Waals surface area contributed by atoms with Crippen LogP contribution in [0.15, 0.2) is 12.1 Å². The van der Waals surface area contributed by atoms with E-state index in [1.165, 1.54) is 0 Å². The van der Waals surface area contributed by atoms with Crippen molar-refractivity contribution in [3.63, 3.8) is 0 Å². The molecule has 2 saturated heterocycles. The Labute approximate surface area is 199 Å². The zero-order valence-electron chi connectivity index (χ0n) is 19.6. The van der Waals surface area contributed by atoms with Crippen molar-refractivity contribution in [1.82, 2.24) is 9.62 Å². The van der Waals surface area contributed by atoms with Gasteiger partial charge in [0.1, 0.15) is 11.2 Å². The van der Waals surface area contributed by atoms with Crippen LogP contribution in [0.25, 0.3) is 0 Å². The Morgan fingerprint density at radius 3 is 2.18 bits per heavy atom. The van der Waals surface area contributed by atoms with Gasteiger partial charge in [0, 0.05) is 24.2 Å². The van der Waals surface area contributed by atoms with Gasteiger partial charge in [-0.3, -0.25) is 9.59 Å². The SMILES string of the molecule is CC(C)(C)[S@](=O)N[C@H](Cc1cc(F)c(F)cc1F)C1CC2CCC(C1)N2C(=O)C1(C(=O)O)CC1. The van der Waals surface area contributed by atoms with Gasteiger partial charge in [-0.1, -0.05) is 0 Å². The van der Waals surface area contributed by atoms with E-state index in [0.29, 0.717) is 31.7 Å². The normalized spacial score (nSPS) is 27.4. The van der Waals surface area contributed by atoms with Crippen LogP contribution in [0.1, 0.15) is 64.9 Å². The van der Waals surface area contributed by atoms with Gasteiger partial charge in [-0.15, -0.1) is 0 Å². The Balaban J connectivity index is 1.57. The van der Waals surface area contributed by atoms with Gasteiger partial charge in [0.25, 0.3) is 0 Å². The minimum Gasteiger partial charge on any atom is -0.480 e. The number of rotatable bonds is 7. The molecule has 4 rings (SSSR count). The molecule has 6 nitrogen and oxygen atoms in total. The van der Waals surface area contributed by atoms with Gasteiger partial charge in [-0.05, 0) is 83.3 Å². The third-order valence-corrected chi connectivity index (χ3v) is 9.11. The van der Waals surface area contributed by atoms with Gasteiger partial charge in [0.15, 0.2) is 11.6 Å². The highest BCUT2D eigenvalue weighted by Crippen LogP contribution is 2.51. The molecule has 3 aliphatic rings.